The van der Waals surface area contributed by atoms with E-state index in [2.05, 4.69) is 15.9 Å². The van der Waals surface area contributed by atoms with Crippen LogP contribution in [-0.4, -0.2) is 5.78 Å². The highest BCUT2D eigenvalue weighted by atomic mass is 79.9. The Labute approximate surface area is 109 Å². The van der Waals surface area contributed by atoms with Gasteiger partial charge in [0, 0.05) is 11.3 Å². The molecule has 0 aliphatic heterocycles. The normalized spacial score (nSPS) is 10.5. The lowest BCUT2D eigenvalue weighted by Crippen LogP contribution is -1.98. The molecule has 2 aromatic heterocycles. The molecule has 0 radical (unpaired) electrons. The fourth-order valence-electron chi connectivity index (χ4n) is 1.16. The maximum atomic E-state index is 11.8. The third-order valence-corrected chi connectivity index (χ3v) is 4.71. The third kappa shape index (κ3) is 2.91. The summed E-state index contributed by atoms with van der Waals surface area (Å²) in [6, 6.07) is 7.44. The number of hydrogen-bond acceptors (Lipinski definition) is 3. The van der Waals surface area contributed by atoms with Gasteiger partial charge in [0.25, 0.3) is 0 Å². The summed E-state index contributed by atoms with van der Waals surface area (Å²) in [6.07, 6.45) is 0.435. The van der Waals surface area contributed by atoms with Gasteiger partial charge in [-0.25, -0.2) is 0 Å². The molecule has 0 atom stereocenters. The van der Waals surface area contributed by atoms with E-state index in [9.17, 15) is 4.79 Å². The highest BCUT2D eigenvalue weighted by Gasteiger charge is 2.10. The predicted octanol–water partition coefficient (Wildman–Crippen LogP) is 4.65. The molecule has 0 fully saturated rings. The Hall–Kier alpha value is -0.160. The predicted molar refractivity (Wildman–Crippen MR) is 69.4 cm³/mol. The fraction of sp³-hybridized carbons (Fsp3) is 0.100. The first-order chi connectivity index (χ1) is 7.15. The minimum absolute atomic E-state index is 0.143. The van der Waals surface area contributed by atoms with E-state index in [1.54, 1.807) is 0 Å². The first-order valence-electron chi connectivity index (χ1n) is 4.18. The minimum Gasteiger partial charge on any atom is -0.293 e. The number of carbonyl (C=O) groups is 1. The topological polar surface area (TPSA) is 17.1 Å². The quantitative estimate of drug-likeness (QED) is 0.752. The number of carbonyl (C=O) groups excluding carboxylic acids is 1. The molecule has 0 N–H and O–H groups in total. The highest BCUT2D eigenvalue weighted by molar-refractivity contribution is 9.11. The van der Waals surface area contributed by atoms with Gasteiger partial charge in [-0.3, -0.25) is 4.79 Å². The van der Waals surface area contributed by atoms with Gasteiger partial charge >= 0.3 is 0 Å². The summed E-state index contributed by atoms with van der Waals surface area (Å²) in [5.41, 5.74) is 0. The molecule has 2 aromatic rings. The van der Waals surface area contributed by atoms with Crippen LogP contribution >= 0.6 is 50.2 Å². The van der Waals surface area contributed by atoms with Gasteiger partial charge in [-0.15, -0.1) is 22.7 Å². The summed E-state index contributed by atoms with van der Waals surface area (Å²) in [4.78, 5) is 13.6. The molecule has 0 aromatic carbocycles. The molecular weight excluding hydrogens is 316 g/mol. The van der Waals surface area contributed by atoms with E-state index >= 15 is 0 Å². The van der Waals surface area contributed by atoms with E-state index in [4.69, 9.17) is 11.6 Å². The highest BCUT2D eigenvalue weighted by Crippen LogP contribution is 2.26. The number of rotatable bonds is 3. The molecule has 0 aliphatic rings. The Kier molecular flexibility index (Phi) is 3.61. The molecule has 5 heteroatoms. The Morgan fingerprint density at radius 1 is 1.27 bits per heavy atom. The third-order valence-electron chi connectivity index (χ3n) is 1.81. The molecule has 2 heterocycles. The van der Waals surface area contributed by atoms with Crippen molar-refractivity contribution in [2.75, 3.05) is 0 Å². The van der Waals surface area contributed by atoms with Gasteiger partial charge in [0.05, 0.1) is 13.0 Å². The standard InChI is InChI=1S/C10H6BrClOS2/c11-9-3-2-8(15-9)7(13)5-6-1-4-10(12)14-6/h1-4H,5H2. The molecule has 0 aliphatic carbocycles. The van der Waals surface area contributed by atoms with Gasteiger partial charge in [-0.2, -0.15) is 0 Å². The van der Waals surface area contributed by atoms with E-state index < -0.39 is 0 Å². The lowest BCUT2D eigenvalue weighted by Gasteiger charge is -1.93. The molecule has 0 spiro atoms. The van der Waals surface area contributed by atoms with Crippen LogP contribution in [-0.2, 0) is 6.42 Å². The van der Waals surface area contributed by atoms with E-state index in [1.807, 2.05) is 24.3 Å². The molecule has 0 amide bonds. The van der Waals surface area contributed by atoms with E-state index in [1.165, 1.54) is 22.7 Å². The lowest BCUT2D eigenvalue weighted by molar-refractivity contribution is 0.0997. The number of thiophene rings is 2. The molecule has 0 saturated heterocycles. The second kappa shape index (κ2) is 4.78. The van der Waals surface area contributed by atoms with Crippen LogP contribution in [0.4, 0.5) is 0 Å². The van der Waals surface area contributed by atoms with Crippen LogP contribution in [0, 0.1) is 0 Å². The summed E-state index contributed by atoms with van der Waals surface area (Å²) in [7, 11) is 0. The number of ketones is 1. The number of hydrogen-bond donors (Lipinski definition) is 0. The van der Waals surface area contributed by atoms with Crippen molar-refractivity contribution in [2.45, 2.75) is 6.42 Å². The Morgan fingerprint density at radius 2 is 2.07 bits per heavy atom. The van der Waals surface area contributed by atoms with Crippen LogP contribution in [0.5, 0.6) is 0 Å². The van der Waals surface area contributed by atoms with Crippen molar-refractivity contribution in [1.29, 1.82) is 0 Å². The van der Waals surface area contributed by atoms with Gasteiger partial charge in [0.15, 0.2) is 5.78 Å². The molecular formula is C10H6BrClOS2. The summed E-state index contributed by atoms with van der Waals surface area (Å²) in [5, 5.41) is 0. The SMILES string of the molecule is O=C(Cc1ccc(Cl)s1)c1ccc(Br)s1. The zero-order chi connectivity index (χ0) is 10.8. The van der Waals surface area contributed by atoms with Gasteiger partial charge in [-0.05, 0) is 40.2 Å². The molecule has 0 unspecified atom stereocenters. The molecule has 0 bridgehead atoms. The van der Waals surface area contributed by atoms with Crippen molar-refractivity contribution in [3.8, 4) is 0 Å². The van der Waals surface area contributed by atoms with Crippen LogP contribution in [0.2, 0.25) is 4.34 Å². The minimum atomic E-state index is 0.143. The molecule has 78 valence electrons. The monoisotopic (exact) mass is 320 g/mol. The zero-order valence-electron chi connectivity index (χ0n) is 7.50. The van der Waals surface area contributed by atoms with Crippen molar-refractivity contribution in [2.24, 2.45) is 0 Å². The number of Topliss-reactive ketones (excluding diaryl/α,β-unsaturated/α-hetero) is 1. The number of halogens is 2. The Bertz CT molecular complexity index is 489. The molecule has 1 nitrogen and oxygen atoms in total. The van der Waals surface area contributed by atoms with Crippen molar-refractivity contribution < 1.29 is 4.79 Å². The summed E-state index contributed by atoms with van der Waals surface area (Å²) in [5.74, 6) is 0.143. The van der Waals surface area contributed by atoms with Crippen molar-refractivity contribution >= 4 is 56.0 Å². The van der Waals surface area contributed by atoms with Crippen LogP contribution in [0.3, 0.4) is 0 Å². The molecule has 2 rings (SSSR count). The van der Waals surface area contributed by atoms with Gasteiger partial charge in [-0.1, -0.05) is 11.6 Å². The summed E-state index contributed by atoms with van der Waals surface area (Å²) < 4.78 is 1.71. The maximum Gasteiger partial charge on any atom is 0.178 e. The maximum absolute atomic E-state index is 11.8. The van der Waals surface area contributed by atoms with E-state index in [0.29, 0.717) is 6.42 Å². The van der Waals surface area contributed by atoms with Gasteiger partial charge < -0.3 is 0 Å². The van der Waals surface area contributed by atoms with E-state index in [0.717, 1.165) is 17.9 Å². The largest absolute Gasteiger partial charge is 0.293 e. The van der Waals surface area contributed by atoms with Crippen molar-refractivity contribution in [3.63, 3.8) is 0 Å². The summed E-state index contributed by atoms with van der Waals surface area (Å²) >= 11 is 12.0. The van der Waals surface area contributed by atoms with Crippen LogP contribution in [0.1, 0.15) is 14.5 Å². The Balaban J connectivity index is 2.10. The van der Waals surface area contributed by atoms with E-state index in [-0.39, 0.29) is 5.78 Å². The average molecular weight is 322 g/mol. The smallest absolute Gasteiger partial charge is 0.178 e. The molecule has 15 heavy (non-hydrogen) atoms. The fourth-order valence-corrected chi connectivity index (χ4v) is 3.57. The molecule has 0 saturated carbocycles. The van der Waals surface area contributed by atoms with Crippen LogP contribution in [0.25, 0.3) is 0 Å². The van der Waals surface area contributed by atoms with Crippen LogP contribution in [0.15, 0.2) is 28.1 Å². The lowest BCUT2D eigenvalue weighted by atomic mass is 10.2. The first-order valence-corrected chi connectivity index (χ1v) is 6.98. The van der Waals surface area contributed by atoms with Crippen LogP contribution < -0.4 is 0 Å². The van der Waals surface area contributed by atoms with Gasteiger partial charge in [0.2, 0.25) is 0 Å². The van der Waals surface area contributed by atoms with Gasteiger partial charge in [0.1, 0.15) is 0 Å². The second-order valence-electron chi connectivity index (χ2n) is 2.91. The zero-order valence-corrected chi connectivity index (χ0v) is 11.5. The second-order valence-corrected chi connectivity index (χ2v) is 7.17. The van der Waals surface area contributed by atoms with Crippen molar-refractivity contribution in [3.05, 3.63) is 42.1 Å². The Morgan fingerprint density at radius 3 is 2.60 bits per heavy atom. The summed E-state index contributed by atoms with van der Waals surface area (Å²) in [6.45, 7) is 0. The van der Waals surface area contributed by atoms with Crippen molar-refractivity contribution in [1.82, 2.24) is 0 Å². The average Bonchev–Trinajstić information content (AvgIpc) is 2.75. The first kappa shape index (κ1) is 11.3.